The summed E-state index contributed by atoms with van der Waals surface area (Å²) in [6.07, 6.45) is -4.38. The summed E-state index contributed by atoms with van der Waals surface area (Å²) in [5.74, 6) is -0.580. The largest absolute Gasteiger partial charge is 0.461 e. The zero-order chi connectivity index (χ0) is 14.8. The van der Waals surface area contributed by atoms with Crippen molar-refractivity contribution in [1.82, 2.24) is 4.98 Å². The number of rotatable bonds is 3. The van der Waals surface area contributed by atoms with Gasteiger partial charge in [0, 0.05) is 0 Å². The van der Waals surface area contributed by atoms with Crippen molar-refractivity contribution in [2.75, 3.05) is 6.61 Å². The Hall–Kier alpha value is -1.89. The number of esters is 1. The molecule has 0 saturated heterocycles. The van der Waals surface area contributed by atoms with Gasteiger partial charge < -0.3 is 4.74 Å². The minimum atomic E-state index is -4.38. The van der Waals surface area contributed by atoms with Crippen LogP contribution in [0.15, 0.2) is 29.8 Å². The Bertz CT molecular complexity index is 605. The van der Waals surface area contributed by atoms with Crippen LogP contribution in [0, 0.1) is 0 Å². The van der Waals surface area contributed by atoms with E-state index in [0.717, 1.165) is 12.1 Å². The van der Waals surface area contributed by atoms with Crippen LogP contribution in [0.2, 0.25) is 0 Å². The third kappa shape index (κ3) is 2.98. The topological polar surface area (TPSA) is 39.2 Å². The Balaban J connectivity index is 2.33. The Kier molecular flexibility index (Phi) is 4.08. The van der Waals surface area contributed by atoms with Crippen molar-refractivity contribution in [2.24, 2.45) is 0 Å². The molecule has 0 amide bonds. The smallest absolute Gasteiger partial charge is 0.416 e. The molecule has 0 bridgehead atoms. The van der Waals surface area contributed by atoms with Crippen molar-refractivity contribution in [3.05, 3.63) is 41.0 Å². The molecule has 0 N–H and O–H groups in total. The van der Waals surface area contributed by atoms with E-state index in [2.05, 4.69) is 4.98 Å². The highest BCUT2D eigenvalue weighted by molar-refractivity contribution is 7.13. The molecular formula is C13H10F3NO2S. The standard InChI is InChI=1S/C13H10F3NO2S/c1-2-19-12(18)10-11(20-7-17-10)8-3-5-9(6-4-8)13(14,15)16/h3-7H,2H2,1H3. The molecular weight excluding hydrogens is 291 g/mol. The van der Waals surface area contributed by atoms with Gasteiger partial charge in [-0.25, -0.2) is 9.78 Å². The van der Waals surface area contributed by atoms with Gasteiger partial charge in [-0.15, -0.1) is 11.3 Å². The van der Waals surface area contributed by atoms with E-state index in [1.807, 2.05) is 0 Å². The van der Waals surface area contributed by atoms with Crippen LogP contribution < -0.4 is 0 Å². The van der Waals surface area contributed by atoms with Gasteiger partial charge in [-0.1, -0.05) is 12.1 Å². The lowest BCUT2D eigenvalue weighted by atomic mass is 10.1. The normalized spacial score (nSPS) is 11.4. The first-order valence-corrected chi connectivity index (χ1v) is 6.59. The van der Waals surface area contributed by atoms with E-state index >= 15 is 0 Å². The highest BCUT2D eigenvalue weighted by Gasteiger charge is 2.30. The van der Waals surface area contributed by atoms with Crippen molar-refractivity contribution in [1.29, 1.82) is 0 Å². The third-order valence-corrected chi connectivity index (χ3v) is 3.39. The quantitative estimate of drug-likeness (QED) is 0.804. The Morgan fingerprint density at radius 2 is 1.95 bits per heavy atom. The van der Waals surface area contributed by atoms with E-state index < -0.39 is 17.7 Å². The number of thiazole rings is 1. The fourth-order valence-electron chi connectivity index (χ4n) is 1.61. The van der Waals surface area contributed by atoms with E-state index in [1.54, 1.807) is 6.92 Å². The average Bonchev–Trinajstić information content (AvgIpc) is 2.87. The maximum Gasteiger partial charge on any atom is 0.416 e. The molecule has 0 aliphatic rings. The van der Waals surface area contributed by atoms with Crippen LogP contribution in [0.1, 0.15) is 23.0 Å². The highest BCUT2D eigenvalue weighted by atomic mass is 32.1. The van der Waals surface area contributed by atoms with Gasteiger partial charge >= 0.3 is 12.1 Å². The first kappa shape index (κ1) is 14.5. The second-order valence-electron chi connectivity index (χ2n) is 3.83. The second kappa shape index (κ2) is 5.62. The van der Waals surface area contributed by atoms with E-state index in [4.69, 9.17) is 4.74 Å². The van der Waals surface area contributed by atoms with Gasteiger partial charge in [0.25, 0.3) is 0 Å². The number of aromatic nitrogens is 1. The van der Waals surface area contributed by atoms with Gasteiger partial charge in [0.2, 0.25) is 0 Å². The lowest BCUT2D eigenvalue weighted by Crippen LogP contribution is -2.06. The summed E-state index contributed by atoms with van der Waals surface area (Å²) in [5.41, 5.74) is 1.35. The number of alkyl halides is 3. The Morgan fingerprint density at radius 3 is 2.50 bits per heavy atom. The van der Waals surface area contributed by atoms with E-state index in [1.165, 1.54) is 29.0 Å². The van der Waals surface area contributed by atoms with Crippen molar-refractivity contribution in [2.45, 2.75) is 13.1 Å². The van der Waals surface area contributed by atoms with Crippen molar-refractivity contribution < 1.29 is 22.7 Å². The molecule has 1 aromatic heterocycles. The molecule has 20 heavy (non-hydrogen) atoms. The van der Waals surface area contributed by atoms with Crippen LogP contribution in [0.4, 0.5) is 13.2 Å². The molecule has 7 heteroatoms. The first-order valence-electron chi connectivity index (χ1n) is 5.71. The molecule has 0 saturated carbocycles. The molecule has 0 aliphatic heterocycles. The molecule has 0 radical (unpaired) electrons. The van der Waals surface area contributed by atoms with Crippen LogP contribution in [-0.4, -0.2) is 17.6 Å². The summed E-state index contributed by atoms with van der Waals surface area (Å²) in [4.78, 5) is 16.1. The lowest BCUT2D eigenvalue weighted by Gasteiger charge is -2.07. The van der Waals surface area contributed by atoms with Gasteiger partial charge in [0.05, 0.1) is 22.6 Å². The number of halogens is 3. The molecule has 3 nitrogen and oxygen atoms in total. The minimum Gasteiger partial charge on any atom is -0.461 e. The minimum absolute atomic E-state index is 0.122. The summed E-state index contributed by atoms with van der Waals surface area (Å²) in [7, 11) is 0. The number of nitrogens with zero attached hydrogens (tertiary/aromatic N) is 1. The number of carbonyl (C=O) groups is 1. The van der Waals surface area contributed by atoms with Crippen LogP contribution in [-0.2, 0) is 10.9 Å². The molecule has 0 unspecified atom stereocenters. The molecule has 106 valence electrons. The Morgan fingerprint density at radius 1 is 1.30 bits per heavy atom. The summed E-state index contributed by atoms with van der Waals surface area (Å²) >= 11 is 1.18. The SMILES string of the molecule is CCOC(=O)c1ncsc1-c1ccc(C(F)(F)F)cc1. The fraction of sp³-hybridized carbons (Fsp3) is 0.231. The first-order chi connectivity index (χ1) is 9.43. The van der Waals surface area contributed by atoms with Gasteiger partial charge in [0.15, 0.2) is 5.69 Å². The van der Waals surface area contributed by atoms with E-state index in [-0.39, 0.29) is 12.3 Å². The molecule has 0 aliphatic carbocycles. The van der Waals surface area contributed by atoms with Crippen molar-refractivity contribution in [3.63, 3.8) is 0 Å². The molecule has 2 aromatic rings. The van der Waals surface area contributed by atoms with E-state index in [9.17, 15) is 18.0 Å². The zero-order valence-corrected chi connectivity index (χ0v) is 11.2. The number of benzene rings is 1. The van der Waals surface area contributed by atoms with Crippen molar-refractivity contribution >= 4 is 17.3 Å². The second-order valence-corrected chi connectivity index (χ2v) is 4.68. The van der Waals surface area contributed by atoms with E-state index in [0.29, 0.717) is 10.4 Å². The molecule has 1 heterocycles. The van der Waals surface area contributed by atoms with Crippen LogP contribution in [0.25, 0.3) is 10.4 Å². The highest BCUT2D eigenvalue weighted by Crippen LogP contribution is 2.33. The maximum atomic E-state index is 12.5. The number of hydrogen-bond acceptors (Lipinski definition) is 4. The van der Waals surface area contributed by atoms with Crippen LogP contribution in [0.5, 0.6) is 0 Å². The van der Waals surface area contributed by atoms with Crippen LogP contribution >= 0.6 is 11.3 Å². The summed E-state index contributed by atoms with van der Waals surface area (Å²) in [5, 5.41) is 0. The number of carbonyl (C=O) groups excluding carboxylic acids is 1. The van der Waals surface area contributed by atoms with Gasteiger partial charge in [-0.3, -0.25) is 0 Å². The van der Waals surface area contributed by atoms with Crippen LogP contribution in [0.3, 0.4) is 0 Å². The molecule has 2 rings (SSSR count). The Labute approximate surface area is 117 Å². The summed E-state index contributed by atoms with van der Waals surface area (Å²) < 4.78 is 42.3. The fourth-order valence-corrected chi connectivity index (χ4v) is 2.39. The predicted octanol–water partition coefficient (Wildman–Crippen LogP) is 4.01. The number of ether oxygens (including phenoxy) is 1. The zero-order valence-electron chi connectivity index (χ0n) is 10.4. The molecule has 0 atom stereocenters. The van der Waals surface area contributed by atoms with Gasteiger partial charge in [0.1, 0.15) is 0 Å². The maximum absolute atomic E-state index is 12.5. The predicted molar refractivity (Wildman–Crippen MR) is 68.5 cm³/mol. The monoisotopic (exact) mass is 301 g/mol. The van der Waals surface area contributed by atoms with Crippen molar-refractivity contribution in [3.8, 4) is 10.4 Å². The molecule has 1 aromatic carbocycles. The summed E-state index contributed by atoms with van der Waals surface area (Å²) in [6.45, 7) is 1.88. The average molecular weight is 301 g/mol. The third-order valence-electron chi connectivity index (χ3n) is 2.51. The van der Waals surface area contributed by atoms with Gasteiger partial charge in [-0.05, 0) is 24.6 Å². The van der Waals surface area contributed by atoms with Gasteiger partial charge in [-0.2, -0.15) is 13.2 Å². The lowest BCUT2D eigenvalue weighted by molar-refractivity contribution is -0.137. The summed E-state index contributed by atoms with van der Waals surface area (Å²) in [6, 6.07) is 4.59. The molecule has 0 spiro atoms. The molecule has 0 fully saturated rings. The number of hydrogen-bond donors (Lipinski definition) is 0.